The van der Waals surface area contributed by atoms with Crippen LogP contribution in [0.25, 0.3) is 12.2 Å². The lowest BCUT2D eigenvalue weighted by Crippen LogP contribution is -1.96. The molecular formula is C13H10N2O2. The van der Waals surface area contributed by atoms with Crippen molar-refractivity contribution in [2.24, 2.45) is 0 Å². The zero-order chi connectivity index (χ0) is 12.1. The molecule has 2 aromatic rings. The first-order valence-corrected chi connectivity index (χ1v) is 5.02. The predicted molar refractivity (Wildman–Crippen MR) is 64.4 cm³/mol. The van der Waals surface area contributed by atoms with Crippen molar-refractivity contribution >= 4 is 18.1 Å². The standard InChI is InChI=1S/C13H10N2O2/c16-13(17)12-7-11(8-15-9-12)2-1-10-3-5-14-6-4-10/h1-9H,(H,16,17). The maximum absolute atomic E-state index is 10.8. The number of aromatic carboxylic acids is 1. The van der Waals surface area contributed by atoms with Crippen LogP contribution in [-0.4, -0.2) is 21.0 Å². The lowest BCUT2D eigenvalue weighted by molar-refractivity contribution is 0.0696. The Morgan fingerprint density at radius 3 is 2.47 bits per heavy atom. The number of hydrogen-bond acceptors (Lipinski definition) is 3. The molecule has 0 atom stereocenters. The van der Waals surface area contributed by atoms with E-state index in [1.54, 1.807) is 24.7 Å². The van der Waals surface area contributed by atoms with Crippen LogP contribution in [0.4, 0.5) is 0 Å². The van der Waals surface area contributed by atoms with Crippen molar-refractivity contribution < 1.29 is 9.90 Å². The monoisotopic (exact) mass is 226 g/mol. The summed E-state index contributed by atoms with van der Waals surface area (Å²) in [6.45, 7) is 0. The van der Waals surface area contributed by atoms with Gasteiger partial charge in [0.2, 0.25) is 0 Å². The maximum atomic E-state index is 10.8. The van der Waals surface area contributed by atoms with Crippen molar-refractivity contribution in [3.05, 3.63) is 59.7 Å². The van der Waals surface area contributed by atoms with E-state index in [9.17, 15) is 4.79 Å². The Kier molecular flexibility index (Phi) is 3.25. The highest BCUT2D eigenvalue weighted by molar-refractivity contribution is 5.88. The van der Waals surface area contributed by atoms with Gasteiger partial charge in [-0.1, -0.05) is 12.2 Å². The maximum Gasteiger partial charge on any atom is 0.337 e. The Hall–Kier alpha value is -2.49. The second-order valence-electron chi connectivity index (χ2n) is 3.43. The minimum Gasteiger partial charge on any atom is -0.478 e. The first-order chi connectivity index (χ1) is 8.25. The zero-order valence-corrected chi connectivity index (χ0v) is 8.95. The Bertz CT molecular complexity index is 550. The second kappa shape index (κ2) is 5.03. The molecule has 2 rings (SSSR count). The minimum atomic E-state index is -0.975. The van der Waals surface area contributed by atoms with Gasteiger partial charge in [0.1, 0.15) is 0 Å². The van der Waals surface area contributed by atoms with Gasteiger partial charge in [0, 0.05) is 24.8 Å². The summed E-state index contributed by atoms with van der Waals surface area (Å²) in [6, 6.07) is 5.31. The summed E-state index contributed by atoms with van der Waals surface area (Å²) in [4.78, 5) is 18.5. The third kappa shape index (κ3) is 2.98. The molecule has 17 heavy (non-hydrogen) atoms. The molecule has 2 heterocycles. The topological polar surface area (TPSA) is 63.1 Å². The average molecular weight is 226 g/mol. The normalized spacial score (nSPS) is 10.6. The van der Waals surface area contributed by atoms with Crippen molar-refractivity contribution in [1.82, 2.24) is 9.97 Å². The molecule has 0 unspecified atom stereocenters. The second-order valence-corrected chi connectivity index (χ2v) is 3.43. The smallest absolute Gasteiger partial charge is 0.337 e. The molecule has 1 N–H and O–H groups in total. The van der Waals surface area contributed by atoms with Crippen molar-refractivity contribution in [2.45, 2.75) is 0 Å². The van der Waals surface area contributed by atoms with Gasteiger partial charge in [0.05, 0.1) is 5.56 Å². The molecule has 84 valence electrons. The molecule has 0 aliphatic carbocycles. The van der Waals surface area contributed by atoms with Crippen LogP contribution >= 0.6 is 0 Å². The van der Waals surface area contributed by atoms with Crippen LogP contribution in [0.2, 0.25) is 0 Å². The van der Waals surface area contributed by atoms with E-state index in [1.165, 1.54) is 6.20 Å². The number of pyridine rings is 2. The van der Waals surface area contributed by atoms with Crippen molar-refractivity contribution in [3.8, 4) is 0 Å². The molecular weight excluding hydrogens is 216 g/mol. The van der Waals surface area contributed by atoms with Crippen LogP contribution < -0.4 is 0 Å². The van der Waals surface area contributed by atoms with E-state index >= 15 is 0 Å². The predicted octanol–water partition coefficient (Wildman–Crippen LogP) is 2.35. The third-order valence-electron chi connectivity index (χ3n) is 2.18. The lowest BCUT2D eigenvalue weighted by Gasteiger charge is -1.96. The molecule has 0 aliphatic rings. The van der Waals surface area contributed by atoms with Gasteiger partial charge >= 0.3 is 5.97 Å². The summed E-state index contributed by atoms with van der Waals surface area (Å²) >= 11 is 0. The fourth-order valence-corrected chi connectivity index (χ4v) is 1.33. The molecule has 0 aliphatic heterocycles. The number of rotatable bonds is 3. The van der Waals surface area contributed by atoms with Crippen LogP contribution in [0.3, 0.4) is 0 Å². The quantitative estimate of drug-likeness (QED) is 0.872. The number of carboxylic acids is 1. The summed E-state index contributed by atoms with van der Waals surface area (Å²) in [7, 11) is 0. The van der Waals surface area contributed by atoms with Crippen LogP contribution in [0, 0.1) is 0 Å². The summed E-state index contributed by atoms with van der Waals surface area (Å²) in [6.07, 6.45) is 10.0. The van der Waals surface area contributed by atoms with Crippen molar-refractivity contribution in [2.75, 3.05) is 0 Å². The number of nitrogens with zero attached hydrogens (tertiary/aromatic N) is 2. The number of hydrogen-bond donors (Lipinski definition) is 1. The molecule has 0 bridgehead atoms. The number of carboxylic acid groups (broad SMARTS) is 1. The average Bonchev–Trinajstić information content (AvgIpc) is 2.38. The van der Waals surface area contributed by atoms with E-state index in [2.05, 4.69) is 9.97 Å². The van der Waals surface area contributed by atoms with Crippen LogP contribution in [0.1, 0.15) is 21.5 Å². The van der Waals surface area contributed by atoms with E-state index in [0.717, 1.165) is 11.1 Å². The molecule has 0 amide bonds. The van der Waals surface area contributed by atoms with Gasteiger partial charge in [-0.15, -0.1) is 0 Å². The summed E-state index contributed by atoms with van der Waals surface area (Å²) in [5.41, 5.74) is 1.93. The Morgan fingerprint density at radius 2 is 1.76 bits per heavy atom. The largest absolute Gasteiger partial charge is 0.478 e. The van der Waals surface area contributed by atoms with Crippen molar-refractivity contribution in [1.29, 1.82) is 0 Å². The number of carbonyl (C=O) groups is 1. The lowest BCUT2D eigenvalue weighted by atomic mass is 10.1. The van der Waals surface area contributed by atoms with E-state index in [0.29, 0.717) is 0 Å². The fourth-order valence-electron chi connectivity index (χ4n) is 1.33. The van der Waals surface area contributed by atoms with E-state index in [4.69, 9.17) is 5.11 Å². The Morgan fingerprint density at radius 1 is 1.06 bits per heavy atom. The van der Waals surface area contributed by atoms with E-state index < -0.39 is 5.97 Å². The van der Waals surface area contributed by atoms with Gasteiger partial charge in [0.25, 0.3) is 0 Å². The SMILES string of the molecule is O=C(O)c1cncc(C=Cc2ccncc2)c1. The molecule has 4 nitrogen and oxygen atoms in total. The Balaban J connectivity index is 2.22. The highest BCUT2D eigenvalue weighted by atomic mass is 16.4. The van der Waals surface area contributed by atoms with Crippen LogP contribution in [-0.2, 0) is 0 Å². The summed E-state index contributed by atoms with van der Waals surface area (Å²) in [5, 5.41) is 8.82. The molecule has 0 saturated carbocycles. The molecule has 0 spiro atoms. The van der Waals surface area contributed by atoms with Gasteiger partial charge in [-0.3, -0.25) is 9.97 Å². The van der Waals surface area contributed by atoms with Crippen LogP contribution in [0.15, 0.2) is 43.0 Å². The molecule has 0 saturated heterocycles. The van der Waals surface area contributed by atoms with Crippen LogP contribution in [0.5, 0.6) is 0 Å². The molecule has 0 radical (unpaired) electrons. The summed E-state index contributed by atoms with van der Waals surface area (Å²) < 4.78 is 0. The molecule has 2 aromatic heterocycles. The minimum absolute atomic E-state index is 0.182. The van der Waals surface area contributed by atoms with Gasteiger partial charge in [-0.25, -0.2) is 4.79 Å². The fraction of sp³-hybridized carbons (Fsp3) is 0. The van der Waals surface area contributed by atoms with Gasteiger partial charge in [-0.05, 0) is 29.3 Å². The first kappa shape index (κ1) is 11.0. The zero-order valence-electron chi connectivity index (χ0n) is 8.95. The summed E-state index contributed by atoms with van der Waals surface area (Å²) in [5.74, 6) is -0.975. The highest BCUT2D eigenvalue weighted by Gasteiger charge is 2.01. The van der Waals surface area contributed by atoms with Gasteiger partial charge < -0.3 is 5.11 Å². The van der Waals surface area contributed by atoms with E-state index in [1.807, 2.05) is 24.3 Å². The van der Waals surface area contributed by atoms with E-state index in [-0.39, 0.29) is 5.56 Å². The van der Waals surface area contributed by atoms with Crippen molar-refractivity contribution in [3.63, 3.8) is 0 Å². The third-order valence-corrected chi connectivity index (χ3v) is 2.18. The van der Waals surface area contributed by atoms with Gasteiger partial charge in [-0.2, -0.15) is 0 Å². The Labute approximate surface area is 98.3 Å². The van der Waals surface area contributed by atoms with Gasteiger partial charge in [0.15, 0.2) is 0 Å². The molecule has 0 aromatic carbocycles. The number of aromatic nitrogens is 2. The molecule has 4 heteroatoms. The first-order valence-electron chi connectivity index (χ1n) is 5.02. The highest BCUT2D eigenvalue weighted by Crippen LogP contribution is 2.08. The molecule has 0 fully saturated rings.